The molecule has 0 radical (unpaired) electrons. The monoisotopic (exact) mass is 354 g/mol. The van der Waals surface area contributed by atoms with Gasteiger partial charge in [-0.3, -0.25) is 4.99 Å². The Morgan fingerprint density at radius 2 is 1.96 bits per heavy atom. The second-order valence-electron chi connectivity index (χ2n) is 5.93. The topological polar surface area (TPSA) is 40.3 Å². The minimum atomic E-state index is -0.305. The van der Waals surface area contributed by atoms with Crippen LogP contribution in [0.3, 0.4) is 0 Å². The van der Waals surface area contributed by atoms with Gasteiger partial charge in [0, 0.05) is 16.1 Å². The number of benzene rings is 2. The van der Waals surface area contributed by atoms with Gasteiger partial charge in [0.05, 0.1) is 30.2 Å². The number of rotatable bonds is 2. The van der Waals surface area contributed by atoms with Gasteiger partial charge in [0.2, 0.25) is 0 Å². The summed E-state index contributed by atoms with van der Waals surface area (Å²) in [6.45, 7) is 3.06. The number of fused-ring (bicyclic) bond motifs is 3. The predicted octanol–water partition coefficient (Wildman–Crippen LogP) is 4.31. The van der Waals surface area contributed by atoms with E-state index in [1.54, 1.807) is 6.07 Å². The van der Waals surface area contributed by atoms with Crippen molar-refractivity contribution in [3.63, 3.8) is 0 Å². The first-order valence-electron chi connectivity index (χ1n) is 8.16. The summed E-state index contributed by atoms with van der Waals surface area (Å²) >= 11 is 6.37. The van der Waals surface area contributed by atoms with Gasteiger partial charge in [0.15, 0.2) is 5.84 Å². The molecular formula is C19H16ClFN4. The Kier molecular flexibility index (Phi) is 4.09. The van der Waals surface area contributed by atoms with Crippen LogP contribution in [-0.4, -0.2) is 30.3 Å². The molecule has 0 aromatic heterocycles. The van der Waals surface area contributed by atoms with Gasteiger partial charge in [-0.05, 0) is 30.7 Å². The third-order valence-electron chi connectivity index (χ3n) is 4.38. The molecule has 0 bridgehead atoms. The zero-order chi connectivity index (χ0) is 17.4. The van der Waals surface area contributed by atoms with E-state index >= 15 is 0 Å². The van der Waals surface area contributed by atoms with Gasteiger partial charge < -0.3 is 4.90 Å². The van der Waals surface area contributed by atoms with Crippen LogP contribution in [0.2, 0.25) is 5.02 Å². The minimum absolute atomic E-state index is 0.305. The van der Waals surface area contributed by atoms with Gasteiger partial charge in [-0.15, -0.1) is 5.10 Å². The first kappa shape index (κ1) is 16.0. The van der Waals surface area contributed by atoms with Crippen LogP contribution in [0.25, 0.3) is 0 Å². The fourth-order valence-corrected chi connectivity index (χ4v) is 3.29. The van der Waals surface area contributed by atoms with E-state index in [0.717, 1.165) is 34.8 Å². The Morgan fingerprint density at radius 3 is 2.76 bits per heavy atom. The zero-order valence-electron chi connectivity index (χ0n) is 13.7. The van der Waals surface area contributed by atoms with Gasteiger partial charge in [0.25, 0.3) is 0 Å². The summed E-state index contributed by atoms with van der Waals surface area (Å²) in [6, 6.07) is 12.2. The molecule has 4 nitrogen and oxygen atoms in total. The SMILES string of the molecule is CCC1=NN=C2CN=C(c3ccccc3Cl)c3cc(F)ccc3N2C1. The van der Waals surface area contributed by atoms with Gasteiger partial charge in [0.1, 0.15) is 5.82 Å². The molecule has 0 atom stereocenters. The highest BCUT2D eigenvalue weighted by Gasteiger charge is 2.27. The Balaban J connectivity index is 1.91. The van der Waals surface area contributed by atoms with E-state index in [2.05, 4.69) is 22.0 Å². The third kappa shape index (κ3) is 2.85. The lowest BCUT2D eigenvalue weighted by molar-refractivity contribution is 0.627. The van der Waals surface area contributed by atoms with Crippen molar-refractivity contribution in [3.8, 4) is 0 Å². The quantitative estimate of drug-likeness (QED) is 0.792. The van der Waals surface area contributed by atoms with Crippen LogP contribution in [0.4, 0.5) is 10.1 Å². The smallest absolute Gasteiger partial charge is 0.154 e. The van der Waals surface area contributed by atoms with E-state index in [4.69, 9.17) is 16.6 Å². The van der Waals surface area contributed by atoms with E-state index in [1.807, 2.05) is 24.3 Å². The number of aliphatic imine (C=N–C) groups is 1. The standard InChI is InChI=1S/C19H16ClFN4/c1-2-13-11-25-17-8-7-12(21)9-15(17)19(22-10-18(25)24-23-13)14-5-3-4-6-16(14)20/h3-9H,2,10-11H2,1H3. The van der Waals surface area contributed by atoms with Crippen LogP contribution in [-0.2, 0) is 0 Å². The molecule has 0 aliphatic carbocycles. The summed E-state index contributed by atoms with van der Waals surface area (Å²) in [5, 5.41) is 9.19. The van der Waals surface area contributed by atoms with Crippen molar-refractivity contribution in [2.75, 3.05) is 18.0 Å². The third-order valence-corrected chi connectivity index (χ3v) is 4.71. The molecule has 4 rings (SSSR count). The molecule has 2 aliphatic heterocycles. The van der Waals surface area contributed by atoms with Crippen LogP contribution in [0.5, 0.6) is 0 Å². The van der Waals surface area contributed by atoms with Crippen LogP contribution in [0, 0.1) is 5.82 Å². The zero-order valence-corrected chi connectivity index (χ0v) is 14.5. The maximum atomic E-state index is 14.0. The van der Waals surface area contributed by atoms with E-state index in [0.29, 0.717) is 23.8 Å². The molecule has 2 heterocycles. The molecule has 0 spiro atoms. The first-order chi connectivity index (χ1) is 12.2. The van der Waals surface area contributed by atoms with Gasteiger partial charge in [-0.1, -0.05) is 36.7 Å². The molecule has 0 amide bonds. The highest BCUT2D eigenvalue weighted by Crippen LogP contribution is 2.31. The lowest BCUT2D eigenvalue weighted by Gasteiger charge is -2.28. The average Bonchev–Trinajstić information content (AvgIpc) is 2.78. The molecule has 2 aromatic carbocycles. The Morgan fingerprint density at radius 1 is 1.12 bits per heavy atom. The van der Waals surface area contributed by atoms with Gasteiger partial charge in [-0.2, -0.15) is 5.10 Å². The van der Waals surface area contributed by atoms with Crippen molar-refractivity contribution in [2.24, 2.45) is 15.2 Å². The minimum Gasteiger partial charge on any atom is -0.320 e. The summed E-state index contributed by atoms with van der Waals surface area (Å²) in [5.41, 5.74) is 4.04. The van der Waals surface area contributed by atoms with Crippen molar-refractivity contribution in [3.05, 3.63) is 64.4 Å². The number of nitrogens with zero attached hydrogens (tertiary/aromatic N) is 4. The number of halogens is 2. The maximum Gasteiger partial charge on any atom is 0.154 e. The molecule has 25 heavy (non-hydrogen) atoms. The maximum absolute atomic E-state index is 14.0. The van der Waals surface area contributed by atoms with Crippen molar-refractivity contribution in [1.29, 1.82) is 0 Å². The normalized spacial score (nSPS) is 16.3. The lowest BCUT2D eigenvalue weighted by atomic mass is 9.99. The number of hydrogen-bond acceptors (Lipinski definition) is 4. The van der Waals surface area contributed by atoms with Crippen LogP contribution < -0.4 is 4.90 Å². The Bertz CT molecular complexity index is 933. The van der Waals surface area contributed by atoms with Gasteiger partial charge >= 0.3 is 0 Å². The van der Waals surface area contributed by atoms with Crippen molar-refractivity contribution in [2.45, 2.75) is 13.3 Å². The summed E-state index contributed by atoms with van der Waals surface area (Å²) in [4.78, 5) is 6.76. The van der Waals surface area contributed by atoms with E-state index in [1.165, 1.54) is 12.1 Å². The molecule has 6 heteroatoms. The Hall–Kier alpha value is -2.53. The highest BCUT2D eigenvalue weighted by atomic mass is 35.5. The second-order valence-corrected chi connectivity index (χ2v) is 6.34. The first-order valence-corrected chi connectivity index (χ1v) is 8.54. The average molecular weight is 355 g/mol. The lowest BCUT2D eigenvalue weighted by Crippen LogP contribution is -2.39. The molecule has 0 N–H and O–H groups in total. The number of anilines is 1. The predicted molar refractivity (Wildman–Crippen MR) is 101 cm³/mol. The van der Waals surface area contributed by atoms with E-state index in [9.17, 15) is 4.39 Å². The molecule has 0 saturated heterocycles. The summed E-state index contributed by atoms with van der Waals surface area (Å²) in [5.74, 6) is 0.451. The van der Waals surface area contributed by atoms with Crippen LogP contribution in [0.15, 0.2) is 57.7 Å². The number of amidine groups is 1. The van der Waals surface area contributed by atoms with Gasteiger partial charge in [-0.25, -0.2) is 4.39 Å². The molecule has 0 unspecified atom stereocenters. The highest BCUT2D eigenvalue weighted by molar-refractivity contribution is 6.36. The molecule has 0 fully saturated rings. The molecule has 2 aliphatic rings. The summed E-state index contributed by atoms with van der Waals surface area (Å²) in [7, 11) is 0. The molecule has 0 saturated carbocycles. The van der Waals surface area contributed by atoms with Crippen LogP contribution in [0.1, 0.15) is 24.5 Å². The fourth-order valence-electron chi connectivity index (χ4n) is 3.06. The molecule has 2 aromatic rings. The van der Waals surface area contributed by atoms with Crippen molar-refractivity contribution < 1.29 is 4.39 Å². The largest absolute Gasteiger partial charge is 0.320 e. The second kappa shape index (κ2) is 6.41. The molecular weight excluding hydrogens is 339 g/mol. The van der Waals surface area contributed by atoms with Crippen LogP contribution >= 0.6 is 11.6 Å². The summed E-state index contributed by atoms with van der Waals surface area (Å²) < 4.78 is 14.0. The van der Waals surface area contributed by atoms with Crippen molar-refractivity contribution >= 4 is 34.5 Å². The van der Waals surface area contributed by atoms with E-state index in [-0.39, 0.29) is 5.82 Å². The van der Waals surface area contributed by atoms with E-state index < -0.39 is 0 Å². The van der Waals surface area contributed by atoms with Crippen molar-refractivity contribution in [1.82, 2.24) is 0 Å². The fraction of sp³-hybridized carbons (Fsp3) is 0.211. The summed E-state index contributed by atoms with van der Waals surface area (Å²) in [6.07, 6.45) is 0.821. The molecule has 126 valence electrons. The Labute approximate surface area is 150 Å². The number of hydrogen-bond donors (Lipinski definition) is 0.